The Bertz CT molecular complexity index is 2130. The van der Waals surface area contributed by atoms with E-state index >= 15 is 0 Å². The molecule has 6 heterocycles. The molecule has 0 bridgehead atoms. The second-order valence-electron chi connectivity index (χ2n) is 15.6. The van der Waals surface area contributed by atoms with Crippen LogP contribution in [0.2, 0.25) is 0 Å². The van der Waals surface area contributed by atoms with Crippen molar-refractivity contribution in [2.24, 2.45) is 0 Å². The van der Waals surface area contributed by atoms with Gasteiger partial charge in [-0.15, -0.1) is 15.3 Å². The van der Waals surface area contributed by atoms with Crippen LogP contribution in [0, 0.1) is 0 Å². The van der Waals surface area contributed by atoms with E-state index < -0.39 is 73.2 Å². The van der Waals surface area contributed by atoms with E-state index in [2.05, 4.69) is 30.9 Å². The van der Waals surface area contributed by atoms with Crippen LogP contribution in [0.25, 0.3) is 0 Å². The summed E-state index contributed by atoms with van der Waals surface area (Å²) in [5.74, 6) is -0.196. The van der Waals surface area contributed by atoms with Crippen molar-refractivity contribution in [2.75, 3.05) is 39.6 Å². The number of aromatic nitrogens is 9. The van der Waals surface area contributed by atoms with Crippen molar-refractivity contribution in [3.63, 3.8) is 0 Å². The predicted octanol–water partition coefficient (Wildman–Crippen LogP) is 3.46. The number of hydrogen-bond donors (Lipinski definition) is 0. The molecule has 24 nitrogen and oxygen atoms in total. The normalized spacial score (nSPS) is 24.2. The van der Waals surface area contributed by atoms with Gasteiger partial charge in [-0.25, -0.2) is 14.0 Å². The average Bonchev–Trinajstić information content (AvgIpc) is 4.13. The van der Waals surface area contributed by atoms with Gasteiger partial charge in [0.05, 0.1) is 18.6 Å². The molecule has 0 radical (unpaired) electrons. The summed E-state index contributed by atoms with van der Waals surface area (Å²) in [5, 5.41) is 25.9. The highest BCUT2D eigenvalue weighted by Crippen LogP contribution is 2.31. The number of carbonyl (C=O) groups is 3. The molecule has 3 aliphatic heterocycles. The lowest BCUT2D eigenvalue weighted by atomic mass is 10.1. The highest BCUT2D eigenvalue weighted by Gasteiger charge is 2.34. The molecule has 0 amide bonds. The minimum absolute atomic E-state index is 0.00427. The maximum Gasteiger partial charge on any atom is 0.302 e. The fraction of sp³-hybridized carbons (Fsp3) is 0.533. The lowest BCUT2D eigenvalue weighted by Crippen LogP contribution is -2.38. The van der Waals surface area contributed by atoms with Crippen LogP contribution in [0.15, 0.2) is 73.2 Å². The molecule has 4 aromatic rings. The Kier molecular flexibility index (Phi) is 18.0. The quantitative estimate of drug-likeness (QED) is 0.0553. The third-order valence-electron chi connectivity index (χ3n) is 10.4. The highest BCUT2D eigenvalue weighted by atomic mass is 16.7. The first-order chi connectivity index (χ1) is 33.5. The lowest BCUT2D eigenvalue weighted by molar-refractivity contribution is -0.177. The molecule has 1 aromatic carbocycles. The van der Waals surface area contributed by atoms with Gasteiger partial charge < -0.3 is 56.8 Å². The molecule has 372 valence electrons. The molecule has 9 atom stereocenters. The Labute approximate surface area is 397 Å². The summed E-state index contributed by atoms with van der Waals surface area (Å²) in [6.45, 7) is 10.8. The summed E-state index contributed by atoms with van der Waals surface area (Å²) in [6, 6.07) is 3.72. The van der Waals surface area contributed by atoms with E-state index in [4.69, 9.17) is 56.8 Å². The molecule has 24 heteroatoms. The van der Waals surface area contributed by atoms with Crippen molar-refractivity contribution < 1.29 is 71.2 Å². The number of nitrogens with zero attached hydrogens (tertiary/aromatic N) is 9. The van der Waals surface area contributed by atoms with Crippen LogP contribution >= 0.6 is 0 Å². The van der Waals surface area contributed by atoms with Crippen LogP contribution < -0.4 is 14.2 Å². The number of carbonyl (C=O) groups excluding carboxylic acids is 3. The molecule has 0 aliphatic carbocycles. The fourth-order valence-corrected chi connectivity index (χ4v) is 7.29. The first-order valence-electron chi connectivity index (χ1n) is 22.5. The minimum Gasteiger partial charge on any atom is -0.487 e. The van der Waals surface area contributed by atoms with E-state index in [9.17, 15) is 14.4 Å². The zero-order chi connectivity index (χ0) is 48.7. The SMILES string of the molecule is CCO[C@@H]1C=C[C@H](n2cc(COc3cc(OCc4cn([C@H]5C=C[C@@H](OCC)O[C@@H]5COC(C)=O)nn4)cc(OCc4cn([C@H]5C=C[C@@H](OCC)O[C@@H]5COC(C)=O)nn4)c3)nn2)[C@@H](COC(C)=O)O1. The van der Waals surface area contributed by atoms with Crippen molar-refractivity contribution in [3.8, 4) is 17.2 Å². The molecule has 7 rings (SSSR count). The van der Waals surface area contributed by atoms with Gasteiger partial charge in [0.2, 0.25) is 0 Å². The van der Waals surface area contributed by atoms with Crippen molar-refractivity contribution in [2.45, 2.75) is 117 Å². The maximum absolute atomic E-state index is 11.7. The number of ether oxygens (including phenoxy) is 12. The molecular weight excluding hydrogens is 907 g/mol. The second kappa shape index (κ2) is 24.6. The minimum atomic E-state index is -0.602. The van der Waals surface area contributed by atoms with Gasteiger partial charge in [0.25, 0.3) is 0 Å². The van der Waals surface area contributed by atoms with Gasteiger partial charge >= 0.3 is 17.9 Å². The zero-order valence-corrected chi connectivity index (χ0v) is 39.1. The van der Waals surface area contributed by atoms with Crippen LogP contribution in [0.1, 0.15) is 76.7 Å². The molecule has 0 N–H and O–H groups in total. The van der Waals surface area contributed by atoms with Crippen molar-refractivity contribution >= 4 is 17.9 Å². The third kappa shape index (κ3) is 14.5. The van der Waals surface area contributed by atoms with Crippen LogP contribution in [0.5, 0.6) is 17.2 Å². The number of rotatable bonds is 24. The van der Waals surface area contributed by atoms with E-state index in [0.717, 1.165) is 0 Å². The highest BCUT2D eigenvalue weighted by molar-refractivity contribution is 5.66. The maximum atomic E-state index is 11.7. The van der Waals surface area contributed by atoms with Gasteiger partial charge in [-0.1, -0.05) is 33.9 Å². The summed E-state index contributed by atoms with van der Waals surface area (Å²) in [7, 11) is 0. The van der Waals surface area contributed by atoms with Crippen molar-refractivity contribution in [3.05, 3.63) is 90.3 Å². The molecule has 0 spiro atoms. The predicted molar refractivity (Wildman–Crippen MR) is 235 cm³/mol. The zero-order valence-electron chi connectivity index (χ0n) is 39.1. The van der Waals surface area contributed by atoms with Gasteiger partial charge in [0.15, 0.2) is 18.9 Å². The van der Waals surface area contributed by atoms with E-state index in [1.807, 2.05) is 39.0 Å². The topological polar surface area (TPSA) is 254 Å². The Morgan fingerprint density at radius 2 is 0.768 bits per heavy atom. The smallest absolute Gasteiger partial charge is 0.302 e. The largest absolute Gasteiger partial charge is 0.487 e. The Balaban J connectivity index is 1.07. The first kappa shape index (κ1) is 50.3. The van der Waals surface area contributed by atoms with Crippen LogP contribution in [-0.2, 0) is 76.8 Å². The van der Waals surface area contributed by atoms with E-state index in [1.54, 1.807) is 69.1 Å². The molecule has 0 fully saturated rings. The third-order valence-corrected chi connectivity index (χ3v) is 10.4. The Hall–Kier alpha value is -6.57. The summed E-state index contributed by atoms with van der Waals surface area (Å²) in [6.07, 6.45) is 12.5. The summed E-state index contributed by atoms with van der Waals surface area (Å²) in [4.78, 5) is 35.0. The van der Waals surface area contributed by atoms with Gasteiger partial charge in [-0.05, 0) is 39.0 Å². The average molecular weight is 964 g/mol. The number of hydrogen-bond acceptors (Lipinski definition) is 21. The monoisotopic (exact) mass is 963 g/mol. The van der Waals surface area contributed by atoms with Crippen molar-refractivity contribution in [1.82, 2.24) is 45.0 Å². The summed E-state index contributed by atoms with van der Waals surface area (Å²) >= 11 is 0. The molecule has 0 saturated carbocycles. The van der Waals surface area contributed by atoms with Gasteiger partial charge in [0, 0.05) is 58.8 Å². The molecule has 3 aromatic heterocycles. The Morgan fingerprint density at radius 1 is 0.478 bits per heavy atom. The standard InChI is InChI=1S/C45H57N9O15/c1-7-58-43-13-10-37(40(67-43)25-61-28(4)55)52-19-31(46-49-52)22-64-34-16-35(65-23-32-20-53(50-47-32)38-11-14-44(59-8-2)68-41(38)26-62-29(5)56)18-36(17-34)66-24-33-21-54(51-48-33)39-12-15-45(60-9-3)69-42(39)27-63-30(6)57/h10-21,37-45H,7-9,22-27H2,1-6H3/t37-,38-,39-,40+,41+,42+,43-,44-,45-/m0/s1. The van der Waals surface area contributed by atoms with Gasteiger partial charge in [-0.2, -0.15) is 0 Å². The molecule has 69 heavy (non-hydrogen) atoms. The van der Waals surface area contributed by atoms with E-state index in [1.165, 1.54) is 20.8 Å². The number of esters is 3. The van der Waals surface area contributed by atoms with E-state index in [-0.39, 0.29) is 39.6 Å². The number of benzene rings is 1. The van der Waals surface area contributed by atoms with E-state index in [0.29, 0.717) is 54.2 Å². The van der Waals surface area contributed by atoms with Crippen LogP contribution in [-0.4, -0.2) is 140 Å². The van der Waals surface area contributed by atoms with Crippen LogP contribution in [0.3, 0.4) is 0 Å². The lowest BCUT2D eigenvalue weighted by Gasteiger charge is -2.31. The molecular formula is C45H57N9O15. The van der Waals surface area contributed by atoms with Crippen molar-refractivity contribution in [1.29, 1.82) is 0 Å². The Morgan fingerprint density at radius 3 is 1.03 bits per heavy atom. The first-order valence-corrected chi connectivity index (χ1v) is 22.5. The summed E-state index contributed by atoms with van der Waals surface area (Å²) in [5.41, 5.74) is 1.47. The van der Waals surface area contributed by atoms with Crippen LogP contribution in [0.4, 0.5) is 0 Å². The summed E-state index contributed by atoms with van der Waals surface area (Å²) < 4.78 is 74.3. The van der Waals surface area contributed by atoms with Gasteiger partial charge in [0.1, 0.15) is 110 Å². The second-order valence-corrected chi connectivity index (χ2v) is 15.6. The fourth-order valence-electron chi connectivity index (χ4n) is 7.29. The molecule has 0 saturated heterocycles. The van der Waals surface area contributed by atoms with Gasteiger partial charge in [-0.3, -0.25) is 14.4 Å². The molecule has 0 unspecified atom stereocenters. The molecule has 3 aliphatic rings.